The summed E-state index contributed by atoms with van der Waals surface area (Å²) < 4.78 is 0. The first kappa shape index (κ1) is 15.8. The first-order valence-corrected chi connectivity index (χ1v) is 7.66. The molecule has 0 saturated heterocycles. The Morgan fingerprint density at radius 1 is 1.48 bits per heavy atom. The molecule has 0 aromatic carbocycles. The maximum absolute atomic E-state index is 11.8. The topological polar surface area (TPSA) is 94.0 Å². The first-order chi connectivity index (χ1) is 9.89. The molecule has 2 unspecified atom stereocenters. The molecule has 0 spiro atoms. The molecule has 0 bridgehead atoms. The number of nitrogens with zero attached hydrogens (tertiary/aromatic N) is 1. The number of nitrogens with one attached hydrogen (secondary N) is 1. The van der Waals surface area contributed by atoms with Gasteiger partial charge >= 0.3 is 0 Å². The Morgan fingerprint density at radius 3 is 2.76 bits per heavy atom. The zero-order chi connectivity index (χ0) is 15.6. The fraction of sp³-hybridized carbons (Fsp3) is 0.625. The van der Waals surface area contributed by atoms with E-state index in [1.165, 1.54) is 6.42 Å². The predicted molar refractivity (Wildman–Crippen MR) is 85.3 cm³/mol. The van der Waals surface area contributed by atoms with E-state index in [0.717, 1.165) is 30.6 Å². The molecule has 116 valence electrons. The van der Waals surface area contributed by atoms with Crippen molar-refractivity contribution in [2.24, 2.45) is 17.4 Å². The van der Waals surface area contributed by atoms with Crippen LogP contribution in [0.1, 0.15) is 54.4 Å². The van der Waals surface area contributed by atoms with Crippen molar-refractivity contribution >= 4 is 11.6 Å². The Kier molecular flexibility index (Phi) is 4.52. The molecule has 1 aliphatic carbocycles. The molecular weight excluding hydrogens is 264 g/mol. The predicted octanol–water partition coefficient (Wildman–Crippen LogP) is 2.12. The molecular formula is C16H26N4O. The fourth-order valence-corrected chi connectivity index (χ4v) is 3.46. The van der Waals surface area contributed by atoms with Gasteiger partial charge in [-0.15, -0.1) is 0 Å². The highest BCUT2D eigenvalue weighted by Crippen LogP contribution is 2.37. The van der Waals surface area contributed by atoms with Crippen LogP contribution < -0.4 is 16.8 Å². The highest BCUT2D eigenvalue weighted by Gasteiger charge is 2.37. The Labute approximate surface area is 126 Å². The summed E-state index contributed by atoms with van der Waals surface area (Å²) >= 11 is 0. The van der Waals surface area contributed by atoms with Crippen molar-refractivity contribution in [1.82, 2.24) is 4.98 Å². The van der Waals surface area contributed by atoms with Crippen molar-refractivity contribution in [3.05, 3.63) is 23.0 Å². The second kappa shape index (κ2) is 6.02. The average Bonchev–Trinajstić information content (AvgIpc) is 2.40. The van der Waals surface area contributed by atoms with Gasteiger partial charge in [0, 0.05) is 12.2 Å². The van der Waals surface area contributed by atoms with Gasteiger partial charge in [0.2, 0.25) is 0 Å². The quantitative estimate of drug-likeness (QED) is 0.791. The summed E-state index contributed by atoms with van der Waals surface area (Å²) in [6.45, 7) is 6.51. The van der Waals surface area contributed by atoms with E-state index in [4.69, 9.17) is 11.5 Å². The summed E-state index contributed by atoms with van der Waals surface area (Å²) in [7, 11) is 0. The minimum Gasteiger partial charge on any atom is -0.377 e. The van der Waals surface area contributed by atoms with Crippen LogP contribution in [0.2, 0.25) is 0 Å². The van der Waals surface area contributed by atoms with Crippen molar-refractivity contribution in [2.45, 2.75) is 52.0 Å². The van der Waals surface area contributed by atoms with Gasteiger partial charge in [-0.2, -0.15) is 0 Å². The minimum atomic E-state index is -0.446. The second-order valence-corrected chi connectivity index (χ2v) is 6.27. The lowest BCUT2D eigenvalue weighted by Gasteiger charge is -2.43. The lowest BCUT2D eigenvalue weighted by atomic mass is 9.73. The molecule has 1 amide bonds. The van der Waals surface area contributed by atoms with E-state index in [1.807, 2.05) is 19.9 Å². The van der Waals surface area contributed by atoms with E-state index in [1.54, 1.807) is 0 Å². The van der Waals surface area contributed by atoms with E-state index < -0.39 is 5.91 Å². The third kappa shape index (κ3) is 3.02. The molecule has 0 aliphatic heterocycles. The van der Waals surface area contributed by atoms with Crippen LogP contribution in [-0.2, 0) is 0 Å². The second-order valence-electron chi connectivity index (χ2n) is 6.27. The van der Waals surface area contributed by atoms with Crippen LogP contribution >= 0.6 is 0 Å². The number of amides is 1. The van der Waals surface area contributed by atoms with E-state index in [-0.39, 0.29) is 5.54 Å². The average molecular weight is 290 g/mol. The Hall–Kier alpha value is -1.62. The molecule has 1 aliphatic rings. The summed E-state index contributed by atoms with van der Waals surface area (Å²) in [5, 5.41) is 3.56. The van der Waals surface area contributed by atoms with Gasteiger partial charge in [-0.1, -0.05) is 19.8 Å². The lowest BCUT2D eigenvalue weighted by molar-refractivity contribution is 0.0999. The summed E-state index contributed by atoms with van der Waals surface area (Å²) in [4.78, 5) is 16.1. The molecule has 2 atom stereocenters. The molecule has 1 aromatic heterocycles. The van der Waals surface area contributed by atoms with Gasteiger partial charge in [0.1, 0.15) is 0 Å². The molecule has 5 heteroatoms. The third-order valence-corrected chi connectivity index (χ3v) is 4.78. The number of rotatable bonds is 4. The van der Waals surface area contributed by atoms with Crippen LogP contribution in [-0.4, -0.2) is 23.0 Å². The number of aromatic nitrogens is 1. The Bertz CT molecular complexity index is 543. The Morgan fingerprint density at radius 2 is 2.19 bits per heavy atom. The number of hydrogen-bond donors (Lipinski definition) is 3. The highest BCUT2D eigenvalue weighted by atomic mass is 16.1. The van der Waals surface area contributed by atoms with Crippen molar-refractivity contribution in [3.63, 3.8) is 0 Å². The van der Waals surface area contributed by atoms with Gasteiger partial charge in [-0.05, 0) is 38.7 Å². The van der Waals surface area contributed by atoms with E-state index in [2.05, 4.69) is 17.2 Å². The number of aryl methyl sites for hydroxylation is 2. The number of carbonyl (C=O) groups is 1. The van der Waals surface area contributed by atoms with E-state index >= 15 is 0 Å². The number of primary amides is 1. The van der Waals surface area contributed by atoms with Crippen LogP contribution in [0.5, 0.6) is 0 Å². The molecule has 1 heterocycles. The van der Waals surface area contributed by atoms with Crippen LogP contribution in [0.3, 0.4) is 0 Å². The fourth-order valence-electron chi connectivity index (χ4n) is 3.46. The molecule has 21 heavy (non-hydrogen) atoms. The third-order valence-electron chi connectivity index (χ3n) is 4.78. The normalized spacial score (nSPS) is 25.6. The largest absolute Gasteiger partial charge is 0.377 e. The summed E-state index contributed by atoms with van der Waals surface area (Å²) in [5.74, 6) is 0.0175. The monoisotopic (exact) mass is 290 g/mol. The van der Waals surface area contributed by atoms with Gasteiger partial charge in [0.05, 0.1) is 22.5 Å². The summed E-state index contributed by atoms with van der Waals surface area (Å²) in [5.41, 5.74) is 14.2. The van der Waals surface area contributed by atoms with E-state index in [9.17, 15) is 4.79 Å². The maximum Gasteiger partial charge on any atom is 0.252 e. The highest BCUT2D eigenvalue weighted by molar-refractivity contribution is 5.99. The summed E-state index contributed by atoms with van der Waals surface area (Å²) in [6, 6.07) is 1.89. The first-order valence-electron chi connectivity index (χ1n) is 7.66. The Balaban J connectivity index is 2.44. The van der Waals surface area contributed by atoms with Gasteiger partial charge in [-0.25, -0.2) is 0 Å². The molecule has 5 nitrogen and oxygen atoms in total. The van der Waals surface area contributed by atoms with Gasteiger partial charge in [-0.3, -0.25) is 9.78 Å². The van der Waals surface area contributed by atoms with Crippen LogP contribution in [0, 0.1) is 19.8 Å². The molecule has 1 fully saturated rings. The number of nitrogens with two attached hydrogens (primary N) is 2. The minimum absolute atomic E-state index is 0.164. The summed E-state index contributed by atoms with van der Waals surface area (Å²) in [6.07, 6.45) is 4.56. The SMILES string of the molecule is Cc1cc(NC2(CN)CCCCC2C)c(C(N)=O)c(C)n1. The number of hydrogen-bond acceptors (Lipinski definition) is 4. The molecule has 1 aromatic rings. The van der Waals surface area contributed by atoms with Gasteiger partial charge in [0.25, 0.3) is 5.91 Å². The number of pyridine rings is 1. The van der Waals surface area contributed by atoms with Gasteiger partial charge in [0.15, 0.2) is 0 Å². The van der Waals surface area contributed by atoms with Crippen LogP contribution in [0.15, 0.2) is 6.07 Å². The van der Waals surface area contributed by atoms with Crippen LogP contribution in [0.25, 0.3) is 0 Å². The van der Waals surface area contributed by atoms with Crippen LogP contribution in [0.4, 0.5) is 5.69 Å². The van der Waals surface area contributed by atoms with Crippen molar-refractivity contribution < 1.29 is 4.79 Å². The van der Waals surface area contributed by atoms with Crippen molar-refractivity contribution in [3.8, 4) is 0 Å². The standard InChI is InChI=1S/C16H26N4O/c1-10-6-4-5-7-16(10,9-17)20-13-8-11(2)19-12(3)14(13)15(18)21/h8,10H,4-7,9,17H2,1-3H3,(H2,18,21)(H,19,20). The smallest absolute Gasteiger partial charge is 0.252 e. The lowest BCUT2D eigenvalue weighted by Crippen LogP contribution is -2.52. The molecule has 1 saturated carbocycles. The van der Waals surface area contributed by atoms with Crippen molar-refractivity contribution in [2.75, 3.05) is 11.9 Å². The van der Waals surface area contributed by atoms with Gasteiger partial charge < -0.3 is 16.8 Å². The number of carbonyl (C=O) groups excluding carboxylic acids is 1. The molecule has 5 N–H and O–H groups in total. The van der Waals surface area contributed by atoms with Crippen molar-refractivity contribution in [1.29, 1.82) is 0 Å². The van der Waals surface area contributed by atoms with E-state index in [0.29, 0.717) is 23.7 Å². The zero-order valence-electron chi connectivity index (χ0n) is 13.2. The molecule has 2 rings (SSSR count). The zero-order valence-corrected chi connectivity index (χ0v) is 13.2. The molecule has 0 radical (unpaired) electrons. The number of anilines is 1. The maximum atomic E-state index is 11.8.